The third-order valence-electron chi connectivity index (χ3n) is 3.77. The summed E-state index contributed by atoms with van der Waals surface area (Å²) >= 11 is 3.47. The van der Waals surface area contributed by atoms with Gasteiger partial charge in [-0.25, -0.2) is 4.98 Å². The molecule has 0 bridgehead atoms. The highest BCUT2D eigenvalue weighted by Crippen LogP contribution is 2.18. The van der Waals surface area contributed by atoms with E-state index in [4.69, 9.17) is 0 Å². The lowest BCUT2D eigenvalue weighted by atomic mass is 10.1. The number of hydrogen-bond donors (Lipinski definition) is 1. The molecule has 0 unspecified atom stereocenters. The third-order valence-corrected chi connectivity index (χ3v) is 4.30. The monoisotopic (exact) mass is 343 g/mol. The number of pyridine rings is 1. The Morgan fingerprint density at radius 2 is 1.95 bits per heavy atom. The summed E-state index contributed by atoms with van der Waals surface area (Å²) in [4.78, 5) is 4.59. The smallest absolute Gasteiger partial charge is 0.137 e. The van der Waals surface area contributed by atoms with Crippen LogP contribution in [0.1, 0.15) is 29.9 Å². The normalized spacial score (nSPS) is 12.7. The molecule has 3 rings (SSSR count). The Bertz CT molecular complexity index is 746. The van der Waals surface area contributed by atoms with Crippen molar-refractivity contribution in [3.8, 4) is 0 Å². The topological polar surface area (TPSA) is 29.3 Å². The number of aryl methyl sites for hydroxylation is 1. The zero-order valence-corrected chi connectivity index (χ0v) is 13.8. The Morgan fingerprint density at radius 3 is 2.71 bits per heavy atom. The van der Waals surface area contributed by atoms with E-state index in [-0.39, 0.29) is 0 Å². The minimum Gasteiger partial charge on any atom is -0.305 e. The summed E-state index contributed by atoms with van der Waals surface area (Å²) in [6, 6.07) is 14.8. The fraction of sp³-hybridized carbons (Fsp3) is 0.235. The summed E-state index contributed by atoms with van der Waals surface area (Å²) in [6.07, 6.45) is 2.07. The van der Waals surface area contributed by atoms with Gasteiger partial charge in [-0.15, -0.1) is 0 Å². The number of aromatic nitrogens is 2. The van der Waals surface area contributed by atoms with Crippen LogP contribution in [0.15, 0.2) is 53.1 Å². The molecule has 0 aliphatic rings. The van der Waals surface area contributed by atoms with Gasteiger partial charge in [0.1, 0.15) is 5.65 Å². The van der Waals surface area contributed by atoms with Crippen LogP contribution in [0.3, 0.4) is 0 Å². The van der Waals surface area contributed by atoms with Crippen molar-refractivity contribution in [1.29, 1.82) is 0 Å². The van der Waals surface area contributed by atoms with E-state index in [0.717, 1.165) is 22.4 Å². The van der Waals surface area contributed by atoms with E-state index < -0.39 is 0 Å². The van der Waals surface area contributed by atoms with E-state index in [1.807, 2.05) is 18.2 Å². The number of nitrogens with zero attached hydrogens (tertiary/aromatic N) is 2. The van der Waals surface area contributed by atoms with Gasteiger partial charge >= 0.3 is 0 Å². The molecule has 0 aliphatic heterocycles. The molecule has 21 heavy (non-hydrogen) atoms. The lowest BCUT2D eigenvalue weighted by molar-refractivity contribution is 0.564. The van der Waals surface area contributed by atoms with E-state index in [1.165, 1.54) is 11.3 Å². The molecule has 1 atom stereocenters. The van der Waals surface area contributed by atoms with Crippen molar-refractivity contribution in [3.63, 3.8) is 0 Å². The first-order chi connectivity index (χ1) is 10.1. The molecule has 0 radical (unpaired) electrons. The van der Waals surface area contributed by atoms with Crippen LogP contribution < -0.4 is 5.32 Å². The lowest BCUT2D eigenvalue weighted by Gasteiger charge is -2.14. The number of hydrogen-bond acceptors (Lipinski definition) is 2. The number of fused-ring (bicyclic) bond motifs is 1. The molecule has 2 aromatic heterocycles. The summed E-state index contributed by atoms with van der Waals surface area (Å²) < 4.78 is 3.26. The molecule has 0 fully saturated rings. The highest BCUT2D eigenvalue weighted by Gasteiger charge is 2.10. The first-order valence-electron chi connectivity index (χ1n) is 7.06. The molecule has 0 saturated heterocycles. The zero-order chi connectivity index (χ0) is 14.8. The highest BCUT2D eigenvalue weighted by atomic mass is 79.9. The minimum absolute atomic E-state index is 0.298. The molecule has 1 aromatic carbocycles. The molecule has 2 heterocycles. The first-order valence-corrected chi connectivity index (χ1v) is 7.86. The van der Waals surface area contributed by atoms with Crippen LogP contribution in [0.25, 0.3) is 5.65 Å². The van der Waals surface area contributed by atoms with Gasteiger partial charge < -0.3 is 9.72 Å². The molecule has 0 amide bonds. The molecule has 3 nitrogen and oxygen atoms in total. The fourth-order valence-corrected chi connectivity index (χ4v) is 2.76. The molecule has 1 N–H and O–H groups in total. The van der Waals surface area contributed by atoms with Crippen LogP contribution in [0.5, 0.6) is 0 Å². The first kappa shape index (κ1) is 14.3. The molecular formula is C17H18BrN3. The Kier molecular flexibility index (Phi) is 4.08. The van der Waals surface area contributed by atoms with Gasteiger partial charge in [-0.05, 0) is 43.7 Å². The maximum Gasteiger partial charge on any atom is 0.137 e. The van der Waals surface area contributed by atoms with E-state index in [1.54, 1.807) is 0 Å². The second-order valence-electron chi connectivity index (χ2n) is 5.23. The van der Waals surface area contributed by atoms with Gasteiger partial charge in [-0.2, -0.15) is 0 Å². The highest BCUT2D eigenvalue weighted by molar-refractivity contribution is 9.10. The van der Waals surface area contributed by atoms with E-state index in [0.29, 0.717) is 6.04 Å². The Balaban J connectivity index is 1.77. The maximum atomic E-state index is 4.59. The van der Waals surface area contributed by atoms with Crippen LogP contribution in [-0.4, -0.2) is 9.38 Å². The Labute approximate surface area is 133 Å². The van der Waals surface area contributed by atoms with Crippen LogP contribution in [0, 0.1) is 6.92 Å². The quantitative estimate of drug-likeness (QED) is 0.766. The standard InChI is InChI=1S/C17H18BrN3/c1-12(14-6-8-15(18)9-7-14)19-11-16-13(2)20-17-5-3-4-10-21(16)17/h3-10,12,19H,11H2,1-2H3/t12-/m1/s1. The lowest BCUT2D eigenvalue weighted by Crippen LogP contribution is -2.19. The average molecular weight is 344 g/mol. The van der Waals surface area contributed by atoms with E-state index in [2.05, 4.69) is 74.9 Å². The third kappa shape index (κ3) is 3.01. The molecule has 3 aromatic rings. The van der Waals surface area contributed by atoms with Gasteiger partial charge in [0.2, 0.25) is 0 Å². The fourth-order valence-electron chi connectivity index (χ4n) is 2.50. The van der Waals surface area contributed by atoms with Gasteiger partial charge in [0, 0.05) is 23.3 Å². The number of benzene rings is 1. The Hall–Kier alpha value is -1.65. The van der Waals surface area contributed by atoms with Crippen LogP contribution in [0.4, 0.5) is 0 Å². The van der Waals surface area contributed by atoms with Crippen molar-refractivity contribution in [2.24, 2.45) is 0 Å². The summed E-state index contributed by atoms with van der Waals surface area (Å²) in [6.45, 7) is 5.05. The predicted molar refractivity (Wildman–Crippen MR) is 89.3 cm³/mol. The number of imidazole rings is 1. The minimum atomic E-state index is 0.298. The van der Waals surface area contributed by atoms with Crippen molar-refractivity contribution in [2.45, 2.75) is 26.4 Å². The van der Waals surface area contributed by atoms with Crippen LogP contribution >= 0.6 is 15.9 Å². The van der Waals surface area contributed by atoms with Crippen LogP contribution in [0.2, 0.25) is 0 Å². The van der Waals surface area contributed by atoms with Crippen molar-refractivity contribution < 1.29 is 0 Å². The van der Waals surface area contributed by atoms with Crippen molar-refractivity contribution >= 4 is 21.6 Å². The summed E-state index contributed by atoms with van der Waals surface area (Å²) in [5.41, 5.74) is 4.58. The van der Waals surface area contributed by atoms with Crippen molar-refractivity contribution in [2.75, 3.05) is 0 Å². The van der Waals surface area contributed by atoms with Crippen molar-refractivity contribution in [3.05, 3.63) is 70.1 Å². The van der Waals surface area contributed by atoms with E-state index in [9.17, 15) is 0 Å². The van der Waals surface area contributed by atoms with Gasteiger partial charge in [-0.1, -0.05) is 34.1 Å². The molecule has 0 saturated carbocycles. The summed E-state index contributed by atoms with van der Waals surface area (Å²) in [5.74, 6) is 0. The Morgan fingerprint density at radius 1 is 1.19 bits per heavy atom. The molecular weight excluding hydrogens is 326 g/mol. The van der Waals surface area contributed by atoms with Crippen LogP contribution in [-0.2, 0) is 6.54 Å². The summed E-state index contributed by atoms with van der Waals surface area (Å²) in [5, 5.41) is 3.58. The van der Waals surface area contributed by atoms with E-state index >= 15 is 0 Å². The predicted octanol–water partition coefficient (Wildman–Crippen LogP) is 4.26. The second-order valence-corrected chi connectivity index (χ2v) is 6.14. The van der Waals surface area contributed by atoms with Gasteiger partial charge in [-0.3, -0.25) is 0 Å². The molecule has 0 aliphatic carbocycles. The number of nitrogens with one attached hydrogen (secondary N) is 1. The largest absolute Gasteiger partial charge is 0.305 e. The average Bonchev–Trinajstić information content (AvgIpc) is 2.81. The van der Waals surface area contributed by atoms with Gasteiger partial charge in [0.25, 0.3) is 0 Å². The zero-order valence-electron chi connectivity index (χ0n) is 12.2. The number of halogens is 1. The second kappa shape index (κ2) is 6.00. The number of rotatable bonds is 4. The van der Waals surface area contributed by atoms with Crippen molar-refractivity contribution in [1.82, 2.24) is 14.7 Å². The molecule has 4 heteroatoms. The summed E-state index contributed by atoms with van der Waals surface area (Å²) in [7, 11) is 0. The molecule has 0 spiro atoms. The SMILES string of the molecule is Cc1nc2ccccn2c1CN[C@H](C)c1ccc(Br)cc1. The molecule has 108 valence electrons. The van der Waals surface area contributed by atoms with Gasteiger partial charge in [0.05, 0.1) is 11.4 Å². The van der Waals surface area contributed by atoms with Gasteiger partial charge in [0.15, 0.2) is 0 Å². The maximum absolute atomic E-state index is 4.59.